The van der Waals surface area contributed by atoms with Crippen molar-refractivity contribution < 1.29 is 34.1 Å². The SMILES string of the molecule is NC(=O)c1c([C@H](CC(=O)O)C(=O)O)ccc2c1CCCc1cc(N)ccc1C(=O)O2. The van der Waals surface area contributed by atoms with Crippen LogP contribution in [0.4, 0.5) is 5.69 Å². The van der Waals surface area contributed by atoms with Crippen LogP contribution in [0.5, 0.6) is 5.75 Å². The van der Waals surface area contributed by atoms with Gasteiger partial charge in [-0.05, 0) is 54.7 Å². The lowest BCUT2D eigenvalue weighted by atomic mass is 9.86. The van der Waals surface area contributed by atoms with Gasteiger partial charge in [0.05, 0.1) is 23.5 Å². The summed E-state index contributed by atoms with van der Waals surface area (Å²) >= 11 is 0. The third-order valence-electron chi connectivity index (χ3n) is 5.03. The molecule has 9 nitrogen and oxygen atoms in total. The van der Waals surface area contributed by atoms with Crippen molar-refractivity contribution in [3.05, 3.63) is 58.1 Å². The number of carbonyl (C=O) groups excluding carboxylic acids is 2. The van der Waals surface area contributed by atoms with Gasteiger partial charge in [0.25, 0.3) is 0 Å². The zero-order valence-corrected chi connectivity index (χ0v) is 15.9. The lowest BCUT2D eigenvalue weighted by Crippen LogP contribution is -2.24. The smallest absolute Gasteiger partial charge is 0.343 e. The molecule has 0 aromatic heterocycles. The molecule has 0 unspecified atom stereocenters. The molecule has 0 saturated heterocycles. The van der Waals surface area contributed by atoms with Crippen LogP contribution in [0.15, 0.2) is 30.3 Å². The lowest BCUT2D eigenvalue weighted by molar-refractivity contribution is -0.145. The fourth-order valence-corrected chi connectivity index (χ4v) is 3.71. The summed E-state index contributed by atoms with van der Waals surface area (Å²) in [6, 6.07) is 7.47. The quantitative estimate of drug-likeness (QED) is 0.327. The number of ether oxygens (including phenoxy) is 1. The molecule has 156 valence electrons. The van der Waals surface area contributed by atoms with E-state index in [1.54, 1.807) is 18.2 Å². The van der Waals surface area contributed by atoms with Gasteiger partial charge in [-0.1, -0.05) is 6.07 Å². The van der Waals surface area contributed by atoms with Gasteiger partial charge in [-0.2, -0.15) is 0 Å². The lowest BCUT2D eigenvalue weighted by Gasteiger charge is -2.19. The number of carboxylic acid groups (broad SMARTS) is 2. The Hall–Kier alpha value is -3.88. The number of benzene rings is 2. The maximum absolute atomic E-state index is 12.7. The maximum Gasteiger partial charge on any atom is 0.343 e. The molecule has 0 spiro atoms. The highest BCUT2D eigenvalue weighted by molar-refractivity contribution is 6.00. The topological polar surface area (TPSA) is 170 Å². The number of amides is 1. The minimum Gasteiger partial charge on any atom is -0.481 e. The van der Waals surface area contributed by atoms with Crippen molar-refractivity contribution in [3.8, 4) is 5.75 Å². The van der Waals surface area contributed by atoms with Crippen LogP contribution in [0.3, 0.4) is 0 Å². The number of anilines is 1. The predicted octanol–water partition coefficient (Wildman–Crippen LogP) is 1.72. The van der Waals surface area contributed by atoms with E-state index in [9.17, 15) is 24.3 Å². The summed E-state index contributed by atoms with van der Waals surface area (Å²) in [5.41, 5.74) is 13.0. The highest BCUT2D eigenvalue weighted by Crippen LogP contribution is 2.34. The van der Waals surface area contributed by atoms with Crippen LogP contribution in [0.1, 0.15) is 56.2 Å². The molecule has 2 aromatic carbocycles. The Labute approximate surface area is 171 Å². The number of hydrogen-bond acceptors (Lipinski definition) is 6. The molecule has 2 aromatic rings. The standard InChI is InChI=1S/C21H20N2O7/c22-11-4-5-12-10(8-11)2-1-3-14-16(30-21(12)29)7-6-13(18(14)19(23)26)15(20(27)28)9-17(24)25/h4-8,15H,1-3,9,22H2,(H2,23,26)(H,24,25)(H,27,28)/t15-/m0/s1. The molecular formula is C21H20N2O7. The van der Waals surface area contributed by atoms with Crippen molar-refractivity contribution in [3.63, 3.8) is 0 Å². The number of esters is 1. The molecule has 0 bridgehead atoms. The first-order chi connectivity index (χ1) is 14.2. The summed E-state index contributed by atoms with van der Waals surface area (Å²) in [4.78, 5) is 47.8. The Kier molecular flexibility index (Phi) is 5.72. The summed E-state index contributed by atoms with van der Waals surface area (Å²) in [7, 11) is 0. The van der Waals surface area contributed by atoms with E-state index in [1.807, 2.05) is 0 Å². The molecule has 1 atom stereocenters. The van der Waals surface area contributed by atoms with Crippen LogP contribution in [-0.4, -0.2) is 34.0 Å². The fraction of sp³-hybridized carbons (Fsp3) is 0.238. The van der Waals surface area contributed by atoms with E-state index in [1.165, 1.54) is 12.1 Å². The highest BCUT2D eigenvalue weighted by atomic mass is 16.5. The molecule has 0 radical (unpaired) electrons. The zero-order chi connectivity index (χ0) is 22.0. The first kappa shape index (κ1) is 20.8. The number of aryl methyl sites for hydroxylation is 1. The summed E-state index contributed by atoms with van der Waals surface area (Å²) in [6.07, 6.45) is 0.511. The van der Waals surface area contributed by atoms with Gasteiger partial charge in [0.2, 0.25) is 5.91 Å². The Bertz CT molecular complexity index is 1060. The van der Waals surface area contributed by atoms with Crippen molar-refractivity contribution in [2.45, 2.75) is 31.6 Å². The van der Waals surface area contributed by atoms with Gasteiger partial charge in [0.15, 0.2) is 0 Å². The number of aliphatic carboxylic acids is 2. The third kappa shape index (κ3) is 4.09. The van der Waals surface area contributed by atoms with Crippen LogP contribution in [0, 0.1) is 0 Å². The number of carbonyl (C=O) groups is 4. The number of carboxylic acids is 2. The first-order valence-electron chi connectivity index (χ1n) is 9.19. The monoisotopic (exact) mass is 412 g/mol. The molecule has 0 aliphatic carbocycles. The van der Waals surface area contributed by atoms with E-state index < -0.39 is 36.2 Å². The van der Waals surface area contributed by atoms with Gasteiger partial charge in [-0.15, -0.1) is 0 Å². The number of primary amides is 1. The molecule has 1 amide bonds. The molecule has 30 heavy (non-hydrogen) atoms. The van der Waals surface area contributed by atoms with Gasteiger partial charge >= 0.3 is 17.9 Å². The van der Waals surface area contributed by atoms with E-state index in [4.69, 9.17) is 21.3 Å². The van der Waals surface area contributed by atoms with Crippen LogP contribution >= 0.6 is 0 Å². The average molecular weight is 412 g/mol. The Balaban J connectivity index is 2.13. The minimum absolute atomic E-state index is 0.0202. The molecule has 0 saturated carbocycles. The number of nitrogen functional groups attached to an aromatic ring is 1. The normalized spacial score (nSPS) is 14.2. The minimum atomic E-state index is -1.48. The van der Waals surface area contributed by atoms with E-state index in [0.717, 1.165) is 0 Å². The summed E-state index contributed by atoms with van der Waals surface area (Å²) in [5.74, 6) is -5.69. The summed E-state index contributed by atoms with van der Waals surface area (Å²) in [6.45, 7) is 0. The van der Waals surface area contributed by atoms with Gasteiger partial charge in [-0.3, -0.25) is 14.4 Å². The number of hydrogen-bond donors (Lipinski definition) is 4. The van der Waals surface area contributed by atoms with Crippen molar-refractivity contribution in [1.29, 1.82) is 0 Å². The first-order valence-corrected chi connectivity index (χ1v) is 9.19. The Morgan fingerprint density at radius 3 is 2.47 bits per heavy atom. The Morgan fingerprint density at radius 1 is 1.10 bits per heavy atom. The molecule has 6 N–H and O–H groups in total. The van der Waals surface area contributed by atoms with Gasteiger partial charge in [-0.25, -0.2) is 4.79 Å². The van der Waals surface area contributed by atoms with Crippen molar-refractivity contribution in [1.82, 2.24) is 0 Å². The molecule has 9 heteroatoms. The average Bonchev–Trinajstić information content (AvgIpc) is 2.72. The highest BCUT2D eigenvalue weighted by Gasteiger charge is 2.31. The van der Waals surface area contributed by atoms with E-state index in [2.05, 4.69) is 0 Å². The predicted molar refractivity (Wildman–Crippen MR) is 105 cm³/mol. The molecule has 1 heterocycles. The second-order valence-electron chi connectivity index (χ2n) is 7.02. The second kappa shape index (κ2) is 8.24. The van der Waals surface area contributed by atoms with E-state index in [0.29, 0.717) is 29.7 Å². The molecule has 0 fully saturated rings. The molecule has 1 aliphatic rings. The second-order valence-corrected chi connectivity index (χ2v) is 7.02. The number of nitrogens with two attached hydrogens (primary N) is 2. The molecular weight excluding hydrogens is 392 g/mol. The Morgan fingerprint density at radius 2 is 1.83 bits per heavy atom. The summed E-state index contributed by atoms with van der Waals surface area (Å²) in [5, 5.41) is 18.6. The largest absolute Gasteiger partial charge is 0.481 e. The fourth-order valence-electron chi connectivity index (χ4n) is 3.71. The van der Waals surface area contributed by atoms with Crippen LogP contribution in [-0.2, 0) is 22.4 Å². The number of fused-ring (bicyclic) bond motifs is 2. The maximum atomic E-state index is 12.7. The van der Waals surface area contributed by atoms with Crippen LogP contribution in [0.25, 0.3) is 0 Å². The third-order valence-corrected chi connectivity index (χ3v) is 5.03. The van der Waals surface area contributed by atoms with E-state index >= 15 is 0 Å². The molecule has 1 aliphatic heterocycles. The molecule has 3 rings (SSSR count). The summed E-state index contributed by atoms with van der Waals surface area (Å²) < 4.78 is 5.50. The zero-order valence-electron chi connectivity index (χ0n) is 15.9. The van der Waals surface area contributed by atoms with Crippen LogP contribution in [0.2, 0.25) is 0 Å². The van der Waals surface area contributed by atoms with Gasteiger partial charge < -0.3 is 26.4 Å². The van der Waals surface area contributed by atoms with Gasteiger partial charge in [0, 0.05) is 11.3 Å². The van der Waals surface area contributed by atoms with Crippen LogP contribution < -0.4 is 16.2 Å². The van der Waals surface area contributed by atoms with Gasteiger partial charge in [0.1, 0.15) is 5.75 Å². The van der Waals surface area contributed by atoms with E-state index in [-0.39, 0.29) is 28.9 Å². The van der Waals surface area contributed by atoms with Crippen molar-refractivity contribution >= 4 is 29.5 Å². The number of rotatable bonds is 5. The van der Waals surface area contributed by atoms with Crippen molar-refractivity contribution in [2.24, 2.45) is 5.73 Å². The van der Waals surface area contributed by atoms with Crippen molar-refractivity contribution in [2.75, 3.05) is 5.73 Å².